The van der Waals surface area contributed by atoms with Crippen LogP contribution in [-0.4, -0.2) is 85.2 Å². The van der Waals surface area contributed by atoms with Gasteiger partial charge in [-0.15, -0.1) is 0 Å². The highest BCUT2D eigenvalue weighted by atomic mass is 32.4. The van der Waals surface area contributed by atoms with Crippen molar-refractivity contribution in [1.29, 1.82) is 0 Å². The lowest BCUT2D eigenvalue weighted by molar-refractivity contribution is -0.139. The minimum absolute atomic E-state index is 0.161. The lowest BCUT2D eigenvalue weighted by atomic mass is 10.4. The van der Waals surface area contributed by atoms with Crippen LogP contribution in [0.1, 0.15) is 19.3 Å². The second-order valence-electron chi connectivity index (χ2n) is 5.16. The minimum atomic E-state index is -0.503. The highest BCUT2D eigenvalue weighted by Gasteiger charge is 2.37. The molecule has 1 fully saturated rings. The molecule has 0 bridgehead atoms. The van der Waals surface area contributed by atoms with Gasteiger partial charge >= 0.3 is 0 Å². The molecule has 2 aliphatic heterocycles. The van der Waals surface area contributed by atoms with Gasteiger partial charge in [0.05, 0.1) is 18.6 Å². The zero-order chi connectivity index (χ0) is 22.8. The van der Waals surface area contributed by atoms with Gasteiger partial charge in [0.15, 0.2) is 7.57 Å². The fourth-order valence-corrected chi connectivity index (χ4v) is 2.80. The van der Waals surface area contributed by atoms with Crippen LogP contribution in [0.3, 0.4) is 0 Å². The van der Waals surface area contributed by atoms with E-state index in [1.807, 2.05) is 0 Å². The summed E-state index contributed by atoms with van der Waals surface area (Å²) in [5, 5.41) is -0.243. The molecule has 2 aliphatic rings. The molecule has 2 rings (SSSR count). The molecule has 2 heterocycles. The van der Waals surface area contributed by atoms with Gasteiger partial charge in [-0.2, -0.15) is 24.4 Å². The molecule has 2 radical (unpaired) electrons. The van der Waals surface area contributed by atoms with E-state index in [9.17, 15) is 28.0 Å². The van der Waals surface area contributed by atoms with E-state index in [-0.39, 0.29) is 61.2 Å². The van der Waals surface area contributed by atoms with Gasteiger partial charge in [-0.1, -0.05) is 19.0 Å². The maximum Gasteiger partial charge on any atom is 0.253 e. The highest BCUT2D eigenvalue weighted by molar-refractivity contribution is 8.07. The Labute approximate surface area is 187 Å². The first-order valence-corrected chi connectivity index (χ1v) is 12.5. The Kier molecular flexibility index (Phi) is 20.0. The number of hydrogen-bond donors (Lipinski definition) is 1. The van der Waals surface area contributed by atoms with E-state index in [1.165, 1.54) is 28.8 Å². The van der Waals surface area contributed by atoms with Gasteiger partial charge in [-0.05, 0) is 25.4 Å². The second-order valence-corrected chi connectivity index (χ2v) is 7.05. The van der Waals surface area contributed by atoms with Crippen LogP contribution in [-0.2, 0) is 31.0 Å². The molecule has 13 heteroatoms. The van der Waals surface area contributed by atoms with Crippen molar-refractivity contribution in [3.63, 3.8) is 0 Å². The van der Waals surface area contributed by atoms with Gasteiger partial charge in [0.1, 0.15) is 0 Å². The summed E-state index contributed by atoms with van der Waals surface area (Å²) >= 11 is 9.05. The maximum atomic E-state index is 11.8. The van der Waals surface area contributed by atoms with E-state index >= 15 is 0 Å². The van der Waals surface area contributed by atoms with E-state index in [0.29, 0.717) is 7.23 Å². The Bertz CT molecular complexity index is 570. The molecule has 29 heavy (non-hydrogen) atoms. The SMILES string of the molecule is CS.CSC1CC(=O)N(CCC[18F])C1=O.O=C1C=CC(=O)N1CCC[18F].[B]P=S. The number of rotatable bonds is 7. The summed E-state index contributed by atoms with van der Waals surface area (Å²) in [6.45, 7) is -0.579. The Morgan fingerprint density at radius 3 is 1.86 bits per heavy atom. The van der Waals surface area contributed by atoms with Crippen molar-refractivity contribution >= 4 is 74.6 Å². The molecule has 1 unspecified atom stereocenters. The van der Waals surface area contributed by atoms with E-state index in [1.54, 1.807) is 12.5 Å². The van der Waals surface area contributed by atoms with Crippen LogP contribution >= 0.6 is 31.6 Å². The molecule has 0 aliphatic carbocycles. The van der Waals surface area contributed by atoms with Crippen molar-refractivity contribution in [3.05, 3.63) is 12.2 Å². The fraction of sp³-hybridized carbons (Fsp3) is 0.625. The molecule has 0 aromatic carbocycles. The normalized spacial score (nSPS) is 17.5. The highest BCUT2D eigenvalue weighted by Crippen LogP contribution is 2.22. The first-order chi connectivity index (χ1) is 13.9. The summed E-state index contributed by atoms with van der Waals surface area (Å²) in [6, 6.07) is 0. The molecule has 0 aromatic heterocycles. The van der Waals surface area contributed by atoms with E-state index in [2.05, 4.69) is 32.0 Å². The molecule has 162 valence electrons. The number of alkyl halides is 2. The standard InChI is InChI=1S/C8H12FNO2S.C7H8FNO2.CH4S.BPS/c1-13-6-5-7(11)10(8(6)12)4-2-3-9;8-4-1-5-9-6(10)2-3-7(9)11;1-2;1-2-3/h6H,2-5H2,1H3;2-3H,1,4-5H2;2H,1H3;/i9-1;8-1;;. The van der Waals surface area contributed by atoms with Crippen LogP contribution in [0.5, 0.6) is 0 Å². The number of thiol groups is 1. The largest absolute Gasteiger partial charge is 0.282 e. The van der Waals surface area contributed by atoms with Crippen molar-refractivity contribution < 1.29 is 28.0 Å². The smallest absolute Gasteiger partial charge is 0.253 e. The monoisotopic (exact) mass is 482 g/mol. The molecule has 1 atom stereocenters. The van der Waals surface area contributed by atoms with Crippen molar-refractivity contribution in [2.24, 2.45) is 0 Å². The fourth-order valence-electron chi connectivity index (χ4n) is 2.16. The van der Waals surface area contributed by atoms with Crippen LogP contribution in [0.4, 0.5) is 8.78 Å². The Hall–Kier alpha value is -0.835. The predicted octanol–water partition coefficient (Wildman–Crippen LogP) is 2.13. The summed E-state index contributed by atoms with van der Waals surface area (Å²) in [5.41, 5.74) is 0. The number of carbonyl (C=O) groups excluding carboxylic acids is 4. The number of amides is 4. The summed E-state index contributed by atoms with van der Waals surface area (Å²) in [7, 11) is 5.13. The quantitative estimate of drug-likeness (QED) is 0.260. The number of halogens is 2. The molecule has 0 aromatic rings. The van der Waals surface area contributed by atoms with E-state index < -0.39 is 13.3 Å². The Morgan fingerprint density at radius 2 is 1.52 bits per heavy atom. The van der Waals surface area contributed by atoms with Crippen molar-refractivity contribution in [2.45, 2.75) is 24.5 Å². The van der Waals surface area contributed by atoms with Gasteiger partial charge in [-0.25, -0.2) is 0 Å². The third-order valence-corrected chi connectivity index (χ3v) is 4.36. The minimum Gasteiger partial charge on any atom is -0.282 e. The number of imide groups is 2. The van der Waals surface area contributed by atoms with Crippen LogP contribution in [0, 0.1) is 0 Å². The van der Waals surface area contributed by atoms with Gasteiger partial charge in [0.2, 0.25) is 11.8 Å². The van der Waals surface area contributed by atoms with Gasteiger partial charge in [-0.3, -0.25) is 37.8 Å². The molecule has 0 N–H and O–H groups in total. The van der Waals surface area contributed by atoms with Crippen LogP contribution < -0.4 is 0 Å². The lowest BCUT2D eigenvalue weighted by Gasteiger charge is -2.12. The predicted molar refractivity (Wildman–Crippen MR) is 121 cm³/mol. The van der Waals surface area contributed by atoms with E-state index in [4.69, 9.17) is 0 Å². The topological polar surface area (TPSA) is 74.8 Å². The van der Waals surface area contributed by atoms with Gasteiger partial charge in [0, 0.05) is 31.7 Å². The molecular weight excluding hydrogens is 458 g/mol. The Morgan fingerprint density at radius 1 is 1.10 bits per heavy atom. The molecular formula is C16H24BF2N2O4PS3. The lowest BCUT2D eigenvalue weighted by Crippen LogP contribution is -2.32. The average molecular weight is 482 g/mol. The summed E-state index contributed by atoms with van der Waals surface area (Å²) in [4.78, 5) is 46.4. The van der Waals surface area contributed by atoms with Crippen LogP contribution in [0.25, 0.3) is 0 Å². The summed E-state index contributed by atoms with van der Waals surface area (Å²) in [5.74, 6) is -1.02. The second kappa shape index (κ2) is 19.1. The Balaban J connectivity index is 0. The molecule has 4 amide bonds. The summed E-state index contributed by atoms with van der Waals surface area (Å²) in [6.07, 6.45) is 6.62. The first-order valence-electron chi connectivity index (χ1n) is 8.37. The van der Waals surface area contributed by atoms with Gasteiger partial charge < -0.3 is 0 Å². The van der Waals surface area contributed by atoms with Crippen molar-refractivity contribution in [1.82, 2.24) is 9.80 Å². The van der Waals surface area contributed by atoms with Gasteiger partial charge in [0.25, 0.3) is 11.8 Å². The first kappa shape index (κ1) is 30.4. The van der Waals surface area contributed by atoms with Crippen LogP contribution in [0.2, 0.25) is 0 Å². The summed E-state index contributed by atoms with van der Waals surface area (Å²) < 4.78 is 23.5. The number of likely N-dealkylation sites (tertiary alicyclic amines) is 1. The van der Waals surface area contributed by atoms with Crippen molar-refractivity contribution in [2.75, 3.05) is 39.0 Å². The molecule has 1 saturated heterocycles. The molecule has 0 spiro atoms. The third kappa shape index (κ3) is 11.8. The molecule has 0 saturated carbocycles. The number of carbonyl (C=O) groups is 4. The van der Waals surface area contributed by atoms with Crippen molar-refractivity contribution in [3.8, 4) is 0 Å². The molecule has 6 nitrogen and oxygen atoms in total. The number of thioether (sulfide) groups is 1. The zero-order valence-electron chi connectivity index (χ0n) is 16.3. The zero-order valence-corrected chi connectivity index (χ0v) is 19.7. The number of hydrogen-bond acceptors (Lipinski definition) is 7. The number of nitrogens with zero attached hydrogens (tertiary/aromatic N) is 2. The van der Waals surface area contributed by atoms with E-state index in [0.717, 1.165) is 4.90 Å². The third-order valence-electron chi connectivity index (χ3n) is 3.42. The maximum absolute atomic E-state index is 11.8. The average Bonchev–Trinajstić information content (AvgIpc) is 3.19. The van der Waals surface area contributed by atoms with Crippen LogP contribution in [0.15, 0.2) is 12.2 Å².